The van der Waals surface area contributed by atoms with Gasteiger partial charge in [0.25, 0.3) is 5.69 Å². The number of nitro benzene ring substituents is 1. The van der Waals surface area contributed by atoms with Gasteiger partial charge in [-0.15, -0.1) is 0 Å². The van der Waals surface area contributed by atoms with E-state index in [2.05, 4.69) is 16.0 Å². The van der Waals surface area contributed by atoms with Gasteiger partial charge in [-0.05, 0) is 24.6 Å². The van der Waals surface area contributed by atoms with Crippen LogP contribution in [0.25, 0.3) is 0 Å². The maximum Gasteiger partial charge on any atom is 0.319 e. The summed E-state index contributed by atoms with van der Waals surface area (Å²) >= 11 is 5.54. The molecule has 132 valence electrons. The van der Waals surface area contributed by atoms with Crippen molar-refractivity contribution in [3.8, 4) is 0 Å². The van der Waals surface area contributed by atoms with Crippen molar-refractivity contribution >= 4 is 34.6 Å². The van der Waals surface area contributed by atoms with Crippen LogP contribution in [0.15, 0.2) is 65.9 Å². The molecule has 0 radical (unpaired) electrons. The van der Waals surface area contributed by atoms with E-state index in [1.807, 2.05) is 30.3 Å². The van der Waals surface area contributed by atoms with E-state index in [9.17, 15) is 14.9 Å². The standard InChI is InChI=1S/C18H16N4O3S/c1-11-15(16(21-18(23)19-11)12-5-3-2-4-6-12)17(26)20-13-7-9-14(10-8-13)22(24)25/h2-10,16H,1H3,(H,20,26)(H2,19,21,23)/t16-/m0/s1. The first kappa shape index (κ1) is 17.6. The van der Waals surface area contributed by atoms with Crippen LogP contribution in [0.3, 0.4) is 0 Å². The van der Waals surface area contributed by atoms with Gasteiger partial charge in [0.1, 0.15) is 4.99 Å². The first-order valence-electron chi connectivity index (χ1n) is 7.85. The van der Waals surface area contributed by atoms with Crippen LogP contribution in [0.4, 0.5) is 16.2 Å². The van der Waals surface area contributed by atoms with Crippen LogP contribution in [0.2, 0.25) is 0 Å². The molecule has 0 saturated carbocycles. The Kier molecular flexibility index (Phi) is 4.94. The number of urea groups is 1. The number of carbonyl (C=O) groups excluding carboxylic acids is 1. The second-order valence-corrected chi connectivity index (χ2v) is 6.15. The zero-order valence-corrected chi connectivity index (χ0v) is 14.7. The Bertz CT molecular complexity index is 894. The molecule has 0 aromatic heterocycles. The second-order valence-electron chi connectivity index (χ2n) is 5.74. The second kappa shape index (κ2) is 7.32. The monoisotopic (exact) mass is 368 g/mol. The minimum Gasteiger partial charge on any atom is -0.346 e. The molecule has 2 amide bonds. The SMILES string of the molecule is CC1=C(C(=S)Nc2ccc([N+](=O)[O-])cc2)[C@H](c2ccccc2)NC(=O)N1. The summed E-state index contributed by atoms with van der Waals surface area (Å²) in [5, 5.41) is 19.5. The Balaban J connectivity index is 1.88. The number of rotatable bonds is 4. The van der Waals surface area contributed by atoms with Crippen molar-refractivity contribution in [3.05, 3.63) is 81.5 Å². The fraction of sp³-hybridized carbons (Fsp3) is 0.111. The van der Waals surface area contributed by atoms with Crippen LogP contribution in [0.1, 0.15) is 18.5 Å². The first-order valence-corrected chi connectivity index (χ1v) is 8.25. The average molecular weight is 368 g/mol. The minimum atomic E-state index is -0.458. The lowest BCUT2D eigenvalue weighted by Crippen LogP contribution is -2.45. The van der Waals surface area contributed by atoms with Crippen molar-refractivity contribution in [3.63, 3.8) is 0 Å². The van der Waals surface area contributed by atoms with Crippen molar-refractivity contribution in [2.75, 3.05) is 5.32 Å². The van der Waals surface area contributed by atoms with Gasteiger partial charge >= 0.3 is 6.03 Å². The Morgan fingerprint density at radius 3 is 2.42 bits per heavy atom. The predicted molar refractivity (Wildman–Crippen MR) is 103 cm³/mol. The van der Waals surface area contributed by atoms with Crippen LogP contribution in [0, 0.1) is 10.1 Å². The summed E-state index contributed by atoms with van der Waals surface area (Å²) < 4.78 is 0. The number of nitrogens with zero attached hydrogens (tertiary/aromatic N) is 1. The topological polar surface area (TPSA) is 96.3 Å². The molecule has 2 aromatic rings. The van der Waals surface area contributed by atoms with Gasteiger partial charge in [0.2, 0.25) is 0 Å². The lowest BCUT2D eigenvalue weighted by molar-refractivity contribution is -0.384. The van der Waals surface area contributed by atoms with E-state index in [1.165, 1.54) is 12.1 Å². The third kappa shape index (κ3) is 3.70. The normalized spacial score (nSPS) is 16.5. The number of thiocarbonyl (C=S) groups is 1. The number of benzene rings is 2. The van der Waals surface area contributed by atoms with Gasteiger partial charge in [-0.25, -0.2) is 4.79 Å². The molecule has 1 heterocycles. The molecule has 3 N–H and O–H groups in total. The van der Waals surface area contributed by atoms with Crippen LogP contribution in [0.5, 0.6) is 0 Å². The fourth-order valence-electron chi connectivity index (χ4n) is 2.76. The van der Waals surface area contributed by atoms with Gasteiger partial charge in [0.15, 0.2) is 0 Å². The Labute approximate surface area is 155 Å². The van der Waals surface area contributed by atoms with E-state index >= 15 is 0 Å². The van der Waals surface area contributed by atoms with Crippen molar-refractivity contribution in [2.24, 2.45) is 0 Å². The molecule has 2 aromatic carbocycles. The van der Waals surface area contributed by atoms with E-state index < -0.39 is 4.92 Å². The molecule has 26 heavy (non-hydrogen) atoms. The highest BCUT2D eigenvalue weighted by atomic mass is 32.1. The molecule has 1 aliphatic heterocycles. The van der Waals surface area contributed by atoms with Crippen molar-refractivity contribution in [2.45, 2.75) is 13.0 Å². The summed E-state index contributed by atoms with van der Waals surface area (Å²) in [7, 11) is 0. The molecule has 0 unspecified atom stereocenters. The van der Waals surface area contributed by atoms with Crippen LogP contribution in [-0.2, 0) is 0 Å². The van der Waals surface area contributed by atoms with Crippen molar-refractivity contribution in [1.82, 2.24) is 10.6 Å². The smallest absolute Gasteiger partial charge is 0.319 e. The molecule has 0 fully saturated rings. The molecular weight excluding hydrogens is 352 g/mol. The zero-order valence-electron chi connectivity index (χ0n) is 13.9. The average Bonchev–Trinajstić information content (AvgIpc) is 2.62. The number of hydrogen-bond acceptors (Lipinski definition) is 4. The van der Waals surface area contributed by atoms with E-state index in [4.69, 9.17) is 12.2 Å². The highest BCUT2D eigenvalue weighted by molar-refractivity contribution is 7.81. The number of anilines is 1. The van der Waals surface area contributed by atoms with Crippen LogP contribution in [-0.4, -0.2) is 15.9 Å². The van der Waals surface area contributed by atoms with Crippen molar-refractivity contribution < 1.29 is 9.72 Å². The zero-order chi connectivity index (χ0) is 18.7. The Morgan fingerprint density at radius 1 is 1.15 bits per heavy atom. The third-order valence-corrected chi connectivity index (χ3v) is 4.30. The molecule has 0 spiro atoms. The molecular formula is C18H16N4O3S. The summed E-state index contributed by atoms with van der Waals surface area (Å²) in [6.07, 6.45) is 0. The van der Waals surface area contributed by atoms with Crippen LogP contribution < -0.4 is 16.0 Å². The van der Waals surface area contributed by atoms with Gasteiger partial charge in [-0.2, -0.15) is 0 Å². The van der Waals surface area contributed by atoms with E-state index in [0.717, 1.165) is 11.1 Å². The van der Waals surface area contributed by atoms with Gasteiger partial charge in [-0.3, -0.25) is 10.1 Å². The van der Waals surface area contributed by atoms with Crippen molar-refractivity contribution in [1.29, 1.82) is 0 Å². The molecule has 0 saturated heterocycles. The molecule has 0 aliphatic carbocycles. The molecule has 1 atom stereocenters. The lowest BCUT2D eigenvalue weighted by atomic mass is 9.95. The van der Waals surface area contributed by atoms with E-state index in [-0.39, 0.29) is 17.8 Å². The number of amides is 2. The molecule has 8 heteroatoms. The quantitative estimate of drug-likeness (QED) is 0.435. The number of allylic oxidation sites excluding steroid dienone is 1. The summed E-state index contributed by atoms with van der Waals surface area (Å²) in [4.78, 5) is 22.6. The number of carbonyl (C=O) groups is 1. The summed E-state index contributed by atoms with van der Waals surface area (Å²) in [6.45, 7) is 1.79. The van der Waals surface area contributed by atoms with Gasteiger partial charge in [-0.1, -0.05) is 42.5 Å². The maximum atomic E-state index is 11.9. The summed E-state index contributed by atoms with van der Waals surface area (Å²) in [5.41, 5.74) is 2.94. The van der Waals surface area contributed by atoms with Gasteiger partial charge in [0.05, 0.1) is 11.0 Å². The number of nitro groups is 1. The fourth-order valence-corrected chi connectivity index (χ4v) is 3.14. The summed E-state index contributed by atoms with van der Waals surface area (Å²) in [6, 6.07) is 14.8. The lowest BCUT2D eigenvalue weighted by Gasteiger charge is -2.30. The number of non-ortho nitro benzene ring substituents is 1. The molecule has 1 aliphatic rings. The predicted octanol–water partition coefficient (Wildman–Crippen LogP) is 3.66. The summed E-state index contributed by atoms with van der Waals surface area (Å²) in [5.74, 6) is 0. The minimum absolute atomic E-state index is 0.00521. The van der Waals surface area contributed by atoms with E-state index in [1.54, 1.807) is 19.1 Å². The van der Waals surface area contributed by atoms with Gasteiger partial charge in [0, 0.05) is 29.1 Å². The first-order chi connectivity index (χ1) is 12.5. The third-order valence-electron chi connectivity index (χ3n) is 3.98. The van der Waals surface area contributed by atoms with Gasteiger partial charge < -0.3 is 16.0 Å². The largest absolute Gasteiger partial charge is 0.346 e. The maximum absolute atomic E-state index is 11.9. The molecule has 0 bridgehead atoms. The highest BCUT2D eigenvalue weighted by Gasteiger charge is 2.29. The Morgan fingerprint density at radius 2 is 1.81 bits per heavy atom. The van der Waals surface area contributed by atoms with Crippen LogP contribution >= 0.6 is 12.2 Å². The number of hydrogen-bond donors (Lipinski definition) is 3. The Hall–Kier alpha value is -3.26. The van der Waals surface area contributed by atoms with E-state index in [0.29, 0.717) is 16.4 Å². The highest BCUT2D eigenvalue weighted by Crippen LogP contribution is 2.28. The number of nitrogens with one attached hydrogen (secondary N) is 3. The molecule has 3 rings (SSSR count). The molecule has 7 nitrogen and oxygen atoms in total.